The van der Waals surface area contributed by atoms with E-state index in [-0.39, 0.29) is 25.0 Å². The molecule has 7 nitrogen and oxygen atoms in total. The number of halogens is 3. The van der Waals surface area contributed by atoms with E-state index in [0.29, 0.717) is 42.3 Å². The van der Waals surface area contributed by atoms with Crippen LogP contribution in [0.2, 0.25) is 0 Å². The second kappa shape index (κ2) is 18.0. The number of methoxy groups -OCH3 is 1. The molecule has 49 heavy (non-hydrogen) atoms. The first kappa shape index (κ1) is 36.8. The number of carboxylic acids is 2. The fourth-order valence-corrected chi connectivity index (χ4v) is 5.63. The van der Waals surface area contributed by atoms with Crippen molar-refractivity contribution >= 4 is 11.9 Å². The SMILES string of the molecule is COc1ccc(-c2cc(OCCCCCCc3cccc(OCCCC(=O)O)c3CCC(=O)O)cc(-c3ccccc3C(F)(F)F)c2)cc1. The lowest BCUT2D eigenvalue weighted by Gasteiger charge is -2.16. The van der Waals surface area contributed by atoms with E-state index in [1.165, 1.54) is 12.1 Å². The van der Waals surface area contributed by atoms with Gasteiger partial charge in [-0.2, -0.15) is 13.2 Å². The molecule has 0 heterocycles. The second-order valence-corrected chi connectivity index (χ2v) is 11.7. The van der Waals surface area contributed by atoms with Crippen LogP contribution in [0.5, 0.6) is 17.2 Å². The van der Waals surface area contributed by atoms with Gasteiger partial charge in [0.05, 0.1) is 25.9 Å². The smallest absolute Gasteiger partial charge is 0.417 e. The second-order valence-electron chi connectivity index (χ2n) is 11.7. The first-order chi connectivity index (χ1) is 23.5. The summed E-state index contributed by atoms with van der Waals surface area (Å²) in [6, 6.07) is 23.6. The summed E-state index contributed by atoms with van der Waals surface area (Å²) in [7, 11) is 1.57. The molecular formula is C39H41F3O7. The summed E-state index contributed by atoms with van der Waals surface area (Å²) in [6.45, 7) is 0.616. The number of alkyl halides is 3. The van der Waals surface area contributed by atoms with Gasteiger partial charge < -0.3 is 24.4 Å². The van der Waals surface area contributed by atoms with Crippen LogP contribution in [0.1, 0.15) is 61.6 Å². The molecule has 0 aliphatic heterocycles. The standard InChI is InChI=1S/C39H41F3O7/c1-47-31-18-16-27(17-19-31)29-24-30(33-12-5-6-13-35(33)39(40,41)42)26-32(25-29)48-22-7-3-2-4-10-28-11-8-14-36(34(28)20-21-38(45)46)49-23-9-15-37(43)44/h5-6,8,11-14,16-19,24-26H,2-4,7,9-10,15,20-23H2,1H3,(H,43,44)(H,45,46). The van der Waals surface area contributed by atoms with E-state index < -0.39 is 23.7 Å². The number of aryl methyl sites for hydroxylation is 1. The van der Waals surface area contributed by atoms with E-state index in [1.807, 2.05) is 30.3 Å². The molecule has 4 rings (SSSR count). The van der Waals surface area contributed by atoms with Crippen molar-refractivity contribution in [2.24, 2.45) is 0 Å². The van der Waals surface area contributed by atoms with Gasteiger partial charge in [0.2, 0.25) is 0 Å². The van der Waals surface area contributed by atoms with E-state index >= 15 is 0 Å². The first-order valence-corrected chi connectivity index (χ1v) is 16.3. The zero-order chi connectivity index (χ0) is 35.2. The van der Waals surface area contributed by atoms with Crippen molar-refractivity contribution < 1.29 is 47.2 Å². The highest BCUT2D eigenvalue weighted by Gasteiger charge is 2.33. The third-order valence-electron chi connectivity index (χ3n) is 8.09. The minimum atomic E-state index is -4.51. The van der Waals surface area contributed by atoms with Crippen molar-refractivity contribution in [3.05, 3.63) is 102 Å². The Morgan fingerprint density at radius 1 is 0.653 bits per heavy atom. The van der Waals surface area contributed by atoms with E-state index in [2.05, 4.69) is 0 Å². The summed E-state index contributed by atoms with van der Waals surface area (Å²) in [5.74, 6) is -0.0651. The van der Waals surface area contributed by atoms with Crippen molar-refractivity contribution in [2.45, 2.75) is 64.0 Å². The van der Waals surface area contributed by atoms with Crippen LogP contribution in [0.4, 0.5) is 13.2 Å². The molecule has 0 atom stereocenters. The van der Waals surface area contributed by atoms with E-state index in [9.17, 15) is 27.9 Å². The lowest BCUT2D eigenvalue weighted by atomic mass is 9.95. The molecule has 2 N–H and O–H groups in total. The van der Waals surface area contributed by atoms with E-state index in [1.54, 1.807) is 43.5 Å². The topological polar surface area (TPSA) is 102 Å². The normalized spacial score (nSPS) is 11.3. The van der Waals surface area contributed by atoms with Gasteiger partial charge in [0.1, 0.15) is 17.2 Å². The highest BCUT2D eigenvalue weighted by atomic mass is 19.4. The molecule has 0 fully saturated rings. The van der Waals surface area contributed by atoms with Gasteiger partial charge in [0, 0.05) is 12.8 Å². The largest absolute Gasteiger partial charge is 0.497 e. The fourth-order valence-electron chi connectivity index (χ4n) is 5.63. The Hall–Kier alpha value is -4.99. The maximum atomic E-state index is 13.9. The Kier molecular flexibility index (Phi) is 13.5. The van der Waals surface area contributed by atoms with Crippen LogP contribution in [0.15, 0.2) is 84.9 Å². The van der Waals surface area contributed by atoms with Crippen LogP contribution < -0.4 is 14.2 Å². The summed E-state index contributed by atoms with van der Waals surface area (Å²) < 4.78 is 58.9. The highest BCUT2D eigenvalue weighted by molar-refractivity contribution is 5.77. The number of ether oxygens (including phenoxy) is 3. The predicted octanol–water partition coefficient (Wildman–Crippen LogP) is 9.49. The Morgan fingerprint density at radius 3 is 2.06 bits per heavy atom. The number of carboxylic acid groups (broad SMARTS) is 2. The summed E-state index contributed by atoms with van der Waals surface area (Å²) in [6.07, 6.45) is 0.187. The average molecular weight is 679 g/mol. The third-order valence-corrected chi connectivity index (χ3v) is 8.09. The molecule has 0 spiro atoms. The molecule has 0 aliphatic rings. The van der Waals surface area contributed by atoms with Crippen LogP contribution >= 0.6 is 0 Å². The van der Waals surface area contributed by atoms with Crippen molar-refractivity contribution in [2.75, 3.05) is 20.3 Å². The molecule has 0 unspecified atom stereocenters. The van der Waals surface area contributed by atoms with Crippen molar-refractivity contribution in [3.63, 3.8) is 0 Å². The predicted molar refractivity (Wildman–Crippen MR) is 181 cm³/mol. The number of aliphatic carboxylic acids is 2. The zero-order valence-electron chi connectivity index (χ0n) is 27.4. The minimum absolute atomic E-state index is 0.00481. The molecule has 4 aromatic rings. The van der Waals surface area contributed by atoms with Crippen LogP contribution in [0.25, 0.3) is 22.3 Å². The molecule has 0 aliphatic carbocycles. The Labute approximate surface area is 284 Å². The number of rotatable bonds is 19. The summed E-state index contributed by atoms with van der Waals surface area (Å²) in [5.41, 5.74) is 3.15. The quantitative estimate of drug-likeness (QED) is 0.0953. The van der Waals surface area contributed by atoms with Gasteiger partial charge in [0.15, 0.2) is 0 Å². The molecule has 4 aromatic carbocycles. The minimum Gasteiger partial charge on any atom is -0.497 e. The van der Waals surface area contributed by atoms with Crippen LogP contribution in [0, 0.1) is 0 Å². The number of hydrogen-bond acceptors (Lipinski definition) is 5. The maximum Gasteiger partial charge on any atom is 0.417 e. The van der Waals surface area contributed by atoms with Gasteiger partial charge in [-0.25, -0.2) is 0 Å². The number of hydrogen-bond donors (Lipinski definition) is 2. The molecular weight excluding hydrogens is 637 g/mol. The maximum absolute atomic E-state index is 13.9. The van der Waals surface area contributed by atoms with Gasteiger partial charge >= 0.3 is 18.1 Å². The molecule has 10 heteroatoms. The van der Waals surface area contributed by atoms with Crippen molar-refractivity contribution in [3.8, 4) is 39.5 Å². The third kappa shape index (κ3) is 11.3. The number of benzene rings is 4. The molecule has 0 bridgehead atoms. The van der Waals surface area contributed by atoms with E-state index in [4.69, 9.17) is 19.3 Å². The summed E-state index contributed by atoms with van der Waals surface area (Å²) in [4.78, 5) is 22.1. The number of unbranched alkanes of at least 4 members (excludes halogenated alkanes) is 3. The molecule has 0 saturated carbocycles. The monoisotopic (exact) mass is 678 g/mol. The lowest BCUT2D eigenvalue weighted by molar-refractivity contribution is -0.138. The zero-order valence-corrected chi connectivity index (χ0v) is 27.4. The van der Waals surface area contributed by atoms with E-state index in [0.717, 1.165) is 60.4 Å². The Morgan fingerprint density at radius 2 is 1.35 bits per heavy atom. The summed E-state index contributed by atoms with van der Waals surface area (Å²) in [5, 5.41) is 18.1. The Balaban J connectivity index is 1.39. The Bertz CT molecular complexity index is 1680. The van der Waals surface area contributed by atoms with Crippen LogP contribution in [-0.2, 0) is 28.6 Å². The molecule has 0 aromatic heterocycles. The molecule has 0 saturated heterocycles. The molecule has 0 amide bonds. The first-order valence-electron chi connectivity index (χ1n) is 16.3. The fraction of sp³-hybridized carbons (Fsp3) is 0.333. The van der Waals surface area contributed by atoms with Crippen LogP contribution in [0.3, 0.4) is 0 Å². The van der Waals surface area contributed by atoms with Gasteiger partial charge in [-0.3, -0.25) is 9.59 Å². The number of carbonyl (C=O) groups is 2. The summed E-state index contributed by atoms with van der Waals surface area (Å²) >= 11 is 0. The van der Waals surface area contributed by atoms with Gasteiger partial charge in [-0.15, -0.1) is 0 Å². The van der Waals surface area contributed by atoms with Gasteiger partial charge in [-0.05, 0) is 108 Å². The van der Waals surface area contributed by atoms with Crippen molar-refractivity contribution in [1.82, 2.24) is 0 Å². The molecule has 260 valence electrons. The molecule has 0 radical (unpaired) electrons. The van der Waals surface area contributed by atoms with Crippen molar-refractivity contribution in [1.29, 1.82) is 0 Å². The van der Waals surface area contributed by atoms with Crippen LogP contribution in [-0.4, -0.2) is 42.5 Å². The average Bonchev–Trinajstić information content (AvgIpc) is 3.08. The van der Waals surface area contributed by atoms with Gasteiger partial charge in [-0.1, -0.05) is 55.3 Å². The van der Waals surface area contributed by atoms with Gasteiger partial charge in [0.25, 0.3) is 0 Å². The highest BCUT2D eigenvalue weighted by Crippen LogP contribution is 2.40. The lowest BCUT2D eigenvalue weighted by Crippen LogP contribution is -2.07.